The Morgan fingerprint density at radius 3 is 3.08 bits per heavy atom. The van der Waals surface area contributed by atoms with E-state index >= 15 is 0 Å². The van der Waals surface area contributed by atoms with E-state index in [-0.39, 0.29) is 6.10 Å². The molecule has 1 aliphatic rings. The SMILES string of the molecule is CNCC(O)C1=CCNC(C)=C1. The molecule has 68 valence electrons. The van der Waals surface area contributed by atoms with Crippen molar-refractivity contribution >= 4 is 0 Å². The van der Waals surface area contributed by atoms with Crippen LogP contribution in [0.1, 0.15) is 6.92 Å². The van der Waals surface area contributed by atoms with Gasteiger partial charge in [0.15, 0.2) is 0 Å². The molecule has 0 saturated heterocycles. The van der Waals surface area contributed by atoms with Crippen molar-refractivity contribution in [2.75, 3.05) is 20.1 Å². The van der Waals surface area contributed by atoms with Gasteiger partial charge in [-0.15, -0.1) is 0 Å². The molecule has 1 rings (SSSR count). The molecule has 12 heavy (non-hydrogen) atoms. The molecule has 3 heteroatoms. The fraction of sp³-hybridized carbons (Fsp3) is 0.556. The maximum absolute atomic E-state index is 9.59. The lowest BCUT2D eigenvalue weighted by atomic mass is 10.1. The Morgan fingerprint density at radius 1 is 1.75 bits per heavy atom. The molecule has 0 saturated carbocycles. The third-order valence-electron chi connectivity index (χ3n) is 1.88. The molecule has 0 radical (unpaired) electrons. The molecule has 0 aromatic carbocycles. The minimum atomic E-state index is -0.382. The predicted molar refractivity (Wildman–Crippen MR) is 49.8 cm³/mol. The van der Waals surface area contributed by atoms with E-state index in [4.69, 9.17) is 0 Å². The fourth-order valence-corrected chi connectivity index (χ4v) is 1.23. The van der Waals surface area contributed by atoms with E-state index in [0.717, 1.165) is 17.8 Å². The molecular formula is C9H16N2O. The van der Waals surface area contributed by atoms with Crippen LogP contribution in [-0.2, 0) is 0 Å². The van der Waals surface area contributed by atoms with Gasteiger partial charge in [-0.25, -0.2) is 0 Å². The van der Waals surface area contributed by atoms with E-state index in [0.29, 0.717) is 6.54 Å². The molecule has 0 aromatic heterocycles. The highest BCUT2D eigenvalue weighted by Crippen LogP contribution is 2.09. The fourth-order valence-electron chi connectivity index (χ4n) is 1.23. The standard InChI is InChI=1S/C9H16N2O/c1-7-5-8(3-4-11-7)9(12)6-10-2/h3,5,9-12H,4,6H2,1-2H3. The average Bonchev–Trinajstić information content (AvgIpc) is 2.05. The second kappa shape index (κ2) is 4.28. The van der Waals surface area contributed by atoms with E-state index in [1.54, 1.807) is 0 Å². The van der Waals surface area contributed by atoms with Crippen LogP contribution in [0.5, 0.6) is 0 Å². The first-order valence-corrected chi connectivity index (χ1v) is 4.19. The zero-order chi connectivity index (χ0) is 8.97. The van der Waals surface area contributed by atoms with Gasteiger partial charge in [0.2, 0.25) is 0 Å². The van der Waals surface area contributed by atoms with Gasteiger partial charge in [-0.3, -0.25) is 0 Å². The van der Waals surface area contributed by atoms with Crippen LogP contribution in [0.4, 0.5) is 0 Å². The molecule has 0 fully saturated rings. The van der Waals surface area contributed by atoms with Gasteiger partial charge in [0, 0.05) is 18.8 Å². The average molecular weight is 168 g/mol. The normalized spacial score (nSPS) is 19.2. The topological polar surface area (TPSA) is 44.3 Å². The lowest BCUT2D eigenvalue weighted by Crippen LogP contribution is -2.27. The Kier molecular flexibility index (Phi) is 3.31. The van der Waals surface area contributed by atoms with Crippen molar-refractivity contribution in [1.29, 1.82) is 0 Å². The highest BCUT2D eigenvalue weighted by atomic mass is 16.3. The number of aliphatic hydroxyl groups excluding tert-OH is 1. The summed E-state index contributed by atoms with van der Waals surface area (Å²) < 4.78 is 0. The largest absolute Gasteiger partial charge is 0.387 e. The summed E-state index contributed by atoms with van der Waals surface area (Å²) >= 11 is 0. The summed E-state index contributed by atoms with van der Waals surface area (Å²) in [7, 11) is 1.83. The van der Waals surface area contributed by atoms with Gasteiger partial charge in [0.05, 0.1) is 6.10 Å². The summed E-state index contributed by atoms with van der Waals surface area (Å²) in [6.45, 7) is 3.42. The summed E-state index contributed by atoms with van der Waals surface area (Å²) in [6, 6.07) is 0. The number of likely N-dealkylation sites (N-methyl/N-ethyl adjacent to an activating group) is 1. The summed E-state index contributed by atoms with van der Waals surface area (Å²) in [6.07, 6.45) is 3.60. The van der Waals surface area contributed by atoms with Gasteiger partial charge < -0.3 is 15.7 Å². The third-order valence-corrected chi connectivity index (χ3v) is 1.88. The van der Waals surface area contributed by atoms with Crippen LogP contribution >= 0.6 is 0 Å². The molecule has 0 bridgehead atoms. The van der Waals surface area contributed by atoms with Crippen LogP contribution in [0.15, 0.2) is 23.4 Å². The van der Waals surface area contributed by atoms with Crippen LogP contribution in [0, 0.1) is 0 Å². The van der Waals surface area contributed by atoms with Crippen LogP contribution < -0.4 is 10.6 Å². The first-order valence-electron chi connectivity index (χ1n) is 4.19. The Labute approximate surface area is 73.2 Å². The van der Waals surface area contributed by atoms with E-state index < -0.39 is 0 Å². The molecule has 0 aliphatic carbocycles. The zero-order valence-corrected chi connectivity index (χ0v) is 7.59. The second-order valence-electron chi connectivity index (χ2n) is 2.99. The van der Waals surface area contributed by atoms with Crippen molar-refractivity contribution in [3.05, 3.63) is 23.4 Å². The van der Waals surface area contributed by atoms with Crippen LogP contribution in [-0.4, -0.2) is 31.3 Å². The molecule has 1 aliphatic heterocycles. The first kappa shape index (κ1) is 9.29. The van der Waals surface area contributed by atoms with E-state index in [1.165, 1.54) is 0 Å². The quantitative estimate of drug-likeness (QED) is 0.556. The van der Waals surface area contributed by atoms with Gasteiger partial charge in [-0.1, -0.05) is 6.08 Å². The van der Waals surface area contributed by atoms with Crippen molar-refractivity contribution in [3.63, 3.8) is 0 Å². The maximum atomic E-state index is 9.59. The second-order valence-corrected chi connectivity index (χ2v) is 2.99. The predicted octanol–water partition coefficient (Wildman–Crippen LogP) is 0.0001000. The Hall–Kier alpha value is -0.800. The molecular weight excluding hydrogens is 152 g/mol. The number of hydrogen-bond donors (Lipinski definition) is 3. The molecule has 3 nitrogen and oxygen atoms in total. The van der Waals surface area contributed by atoms with Crippen LogP contribution in [0.3, 0.4) is 0 Å². The molecule has 3 N–H and O–H groups in total. The number of aliphatic hydroxyl groups is 1. The number of dihydropyridines is 1. The van der Waals surface area contributed by atoms with Crippen molar-refractivity contribution in [1.82, 2.24) is 10.6 Å². The molecule has 1 heterocycles. The van der Waals surface area contributed by atoms with Crippen LogP contribution in [0.2, 0.25) is 0 Å². The maximum Gasteiger partial charge on any atom is 0.0912 e. The molecule has 0 amide bonds. The number of rotatable bonds is 3. The summed E-state index contributed by atoms with van der Waals surface area (Å²) in [5, 5.41) is 15.7. The molecule has 1 unspecified atom stereocenters. The summed E-state index contributed by atoms with van der Waals surface area (Å²) in [5.74, 6) is 0. The van der Waals surface area contributed by atoms with E-state index in [9.17, 15) is 5.11 Å². The van der Waals surface area contributed by atoms with Crippen LogP contribution in [0.25, 0.3) is 0 Å². The highest BCUT2D eigenvalue weighted by molar-refractivity contribution is 5.29. The Morgan fingerprint density at radius 2 is 2.50 bits per heavy atom. The molecule has 1 atom stereocenters. The van der Waals surface area contributed by atoms with Gasteiger partial charge >= 0.3 is 0 Å². The highest BCUT2D eigenvalue weighted by Gasteiger charge is 2.09. The molecule has 0 spiro atoms. The smallest absolute Gasteiger partial charge is 0.0912 e. The van der Waals surface area contributed by atoms with Gasteiger partial charge in [0.25, 0.3) is 0 Å². The van der Waals surface area contributed by atoms with Gasteiger partial charge in [-0.05, 0) is 25.6 Å². The number of hydrogen-bond acceptors (Lipinski definition) is 3. The van der Waals surface area contributed by atoms with Crippen molar-refractivity contribution in [3.8, 4) is 0 Å². The minimum Gasteiger partial charge on any atom is -0.387 e. The van der Waals surface area contributed by atoms with Crippen molar-refractivity contribution in [2.45, 2.75) is 13.0 Å². The minimum absolute atomic E-state index is 0.382. The third kappa shape index (κ3) is 2.36. The Bertz CT molecular complexity index is 209. The lowest BCUT2D eigenvalue weighted by molar-refractivity contribution is 0.213. The van der Waals surface area contributed by atoms with Crippen molar-refractivity contribution in [2.24, 2.45) is 0 Å². The number of nitrogens with one attached hydrogen (secondary N) is 2. The van der Waals surface area contributed by atoms with E-state index in [1.807, 2.05) is 26.1 Å². The lowest BCUT2D eigenvalue weighted by Gasteiger charge is -2.17. The molecule has 0 aromatic rings. The van der Waals surface area contributed by atoms with Gasteiger partial charge in [-0.2, -0.15) is 0 Å². The van der Waals surface area contributed by atoms with E-state index in [2.05, 4.69) is 10.6 Å². The van der Waals surface area contributed by atoms with Crippen molar-refractivity contribution < 1.29 is 5.11 Å². The monoisotopic (exact) mass is 168 g/mol. The summed E-state index contributed by atoms with van der Waals surface area (Å²) in [5.41, 5.74) is 2.11. The zero-order valence-electron chi connectivity index (χ0n) is 7.59. The number of allylic oxidation sites excluding steroid dienone is 1. The van der Waals surface area contributed by atoms with Gasteiger partial charge in [0.1, 0.15) is 0 Å². The first-order chi connectivity index (χ1) is 5.74. The Balaban J connectivity index is 2.56. The summed E-state index contributed by atoms with van der Waals surface area (Å²) in [4.78, 5) is 0.